The van der Waals surface area contributed by atoms with Gasteiger partial charge in [0.1, 0.15) is 23.4 Å². The fourth-order valence-corrected chi connectivity index (χ4v) is 9.42. The summed E-state index contributed by atoms with van der Waals surface area (Å²) < 4.78 is 23.8. The number of anilines is 1. The van der Waals surface area contributed by atoms with Crippen LogP contribution in [0.1, 0.15) is 122 Å². The SMILES string of the molecule is CCCCCCCCN1CCCN(N=Cc2c3c(O)c4c(O)c(C)c5c(c4c2O)C(=O)[C@@](C)(OC=C[C@H](OC)[C@H](C)[C@H](OC(C)=O)[C@H](C)[C@H](O)[C@H](C)[C@@H](O)[C@H](C)C=CC=C(C)C(=O)N3)O5)CC1. The van der Waals surface area contributed by atoms with E-state index >= 15 is 0 Å². The molecule has 0 radical (unpaired) electrons. The Morgan fingerprint density at radius 3 is 2.30 bits per heavy atom. The van der Waals surface area contributed by atoms with Crippen LogP contribution in [0.5, 0.6) is 23.0 Å². The molecule has 2 aromatic rings. The van der Waals surface area contributed by atoms with Crippen molar-refractivity contribution < 1.29 is 58.9 Å². The van der Waals surface area contributed by atoms with Crippen molar-refractivity contribution in [3.8, 4) is 23.0 Å². The maximum Gasteiger partial charge on any atom is 0.312 e. The molecule has 4 aliphatic heterocycles. The lowest BCUT2D eigenvalue weighted by molar-refractivity contribution is -0.160. The minimum absolute atomic E-state index is 0.0630. The van der Waals surface area contributed by atoms with Gasteiger partial charge in [0.2, 0.25) is 0 Å². The number of aliphatic hydroxyl groups is 2. The zero-order valence-corrected chi connectivity index (χ0v) is 41.0. The number of unbranched alkanes of at least 4 members (excludes halogenated alkanes) is 5. The zero-order valence-electron chi connectivity index (χ0n) is 41.0. The molecule has 1 saturated heterocycles. The Kier molecular flexibility index (Phi) is 18.3. The largest absolute Gasteiger partial charge is 0.507 e. The van der Waals surface area contributed by atoms with E-state index in [1.54, 1.807) is 46.8 Å². The molecule has 1 amide bonds. The first-order valence-electron chi connectivity index (χ1n) is 23.9. The summed E-state index contributed by atoms with van der Waals surface area (Å²) in [7, 11) is 1.45. The summed E-state index contributed by atoms with van der Waals surface area (Å²) in [5.74, 6) is -8.30. The van der Waals surface area contributed by atoms with Gasteiger partial charge in [-0.1, -0.05) is 85.0 Å². The number of esters is 1. The van der Waals surface area contributed by atoms with Crippen LogP contribution in [0.2, 0.25) is 0 Å². The highest BCUT2D eigenvalue weighted by Gasteiger charge is 2.50. The molecule has 67 heavy (non-hydrogen) atoms. The molecule has 6 rings (SSSR count). The van der Waals surface area contributed by atoms with Crippen molar-refractivity contribution in [2.45, 2.75) is 137 Å². The Bertz CT molecular complexity index is 2220. The summed E-state index contributed by atoms with van der Waals surface area (Å²) >= 11 is 0. The monoisotopic (exact) mass is 935 g/mol. The predicted octanol–water partition coefficient (Wildman–Crippen LogP) is 7.46. The van der Waals surface area contributed by atoms with Crippen LogP contribution in [0, 0.1) is 30.6 Å². The van der Waals surface area contributed by atoms with Gasteiger partial charge in [0.25, 0.3) is 11.7 Å². The van der Waals surface area contributed by atoms with Crippen molar-refractivity contribution in [3.05, 3.63) is 52.8 Å². The standard InChI is InChI=1S/C51H74N4O12/c1-11-12-13-14-15-16-22-54-23-18-24-55(26-25-54)52-28-36-41-46(61)39-38(45(36)60)40-48(34(7)44(39)59)67-51(9,49(40)62)65-27-21-37(64-10)31(4)47(66-35(8)56)33(6)43(58)32(5)42(57)29(2)19-17-20-30(3)50(63)53-41/h17,19-21,27-29,31-33,37,42-43,47,57-61H,11-16,18,22-26H2,1-10H3,(H,53,63)/t29-,31+,32-,33-,37+,42+,43-,47+,51+/m1/s1. The van der Waals surface area contributed by atoms with Gasteiger partial charge in [-0.25, -0.2) is 0 Å². The molecule has 0 spiro atoms. The number of allylic oxidation sites excluding steroid dienone is 2. The topological polar surface area (TPSA) is 220 Å². The van der Waals surface area contributed by atoms with Crippen LogP contribution in [-0.4, -0.2) is 129 Å². The van der Waals surface area contributed by atoms with E-state index in [9.17, 15) is 39.9 Å². The van der Waals surface area contributed by atoms with Crippen molar-refractivity contribution in [2.75, 3.05) is 45.2 Å². The van der Waals surface area contributed by atoms with Gasteiger partial charge in [0.15, 0.2) is 5.75 Å². The highest BCUT2D eigenvalue weighted by atomic mass is 16.7. The number of hydrazone groups is 1. The van der Waals surface area contributed by atoms with Gasteiger partial charge in [-0.3, -0.25) is 19.4 Å². The number of ether oxygens (including phenoxy) is 4. The number of Topliss-reactive ketones (excluding diaryl/α,β-unsaturated/α-hetero) is 1. The lowest BCUT2D eigenvalue weighted by Gasteiger charge is -2.38. The maximum absolute atomic E-state index is 14.6. The third-order valence-electron chi connectivity index (χ3n) is 13.8. The molecule has 16 nitrogen and oxygen atoms in total. The quantitative estimate of drug-likeness (QED) is 0.0424. The van der Waals surface area contributed by atoms with E-state index in [4.69, 9.17) is 24.0 Å². The molecule has 4 aliphatic rings. The molecule has 0 saturated carbocycles. The first-order valence-corrected chi connectivity index (χ1v) is 23.9. The number of fused-ring (bicyclic) bond motifs is 14. The number of hydrogen-bond acceptors (Lipinski definition) is 15. The molecule has 5 bridgehead atoms. The maximum atomic E-state index is 14.6. The summed E-state index contributed by atoms with van der Waals surface area (Å²) in [6.07, 6.45) is 13.1. The lowest BCUT2D eigenvalue weighted by atomic mass is 9.78. The highest BCUT2D eigenvalue weighted by Crippen LogP contribution is 2.55. The number of amides is 1. The number of benzene rings is 2. The first kappa shape index (κ1) is 52.8. The minimum atomic E-state index is -2.05. The van der Waals surface area contributed by atoms with E-state index < -0.39 is 88.8 Å². The Hall–Kier alpha value is -5.16. The van der Waals surface area contributed by atoms with Crippen molar-refractivity contribution >= 4 is 40.3 Å². The molecule has 0 unspecified atom stereocenters. The molecular weight excluding hydrogens is 861 g/mol. The van der Waals surface area contributed by atoms with Gasteiger partial charge in [-0.2, -0.15) is 5.10 Å². The zero-order chi connectivity index (χ0) is 49.3. The van der Waals surface area contributed by atoms with E-state index in [-0.39, 0.29) is 44.5 Å². The van der Waals surface area contributed by atoms with Gasteiger partial charge < -0.3 is 54.7 Å². The minimum Gasteiger partial charge on any atom is -0.507 e. The van der Waals surface area contributed by atoms with Crippen LogP contribution in [0.25, 0.3) is 10.8 Å². The van der Waals surface area contributed by atoms with Crippen LogP contribution in [-0.2, 0) is 23.8 Å². The van der Waals surface area contributed by atoms with E-state index in [0.717, 1.165) is 32.5 Å². The average molecular weight is 935 g/mol. The van der Waals surface area contributed by atoms with Crippen molar-refractivity contribution in [1.29, 1.82) is 0 Å². The number of carbonyl (C=O) groups is 3. The Morgan fingerprint density at radius 1 is 0.910 bits per heavy atom. The van der Waals surface area contributed by atoms with Crippen molar-refractivity contribution in [3.63, 3.8) is 0 Å². The second-order valence-corrected chi connectivity index (χ2v) is 18.8. The molecular formula is C51H74N4O12. The van der Waals surface area contributed by atoms with E-state index in [2.05, 4.69) is 17.1 Å². The molecule has 0 aromatic heterocycles. The molecule has 2 aromatic carbocycles. The summed E-state index contributed by atoms with van der Waals surface area (Å²) in [5, 5.41) is 67.9. The van der Waals surface area contributed by atoms with Gasteiger partial charge in [-0.05, 0) is 45.9 Å². The van der Waals surface area contributed by atoms with Gasteiger partial charge in [-0.15, -0.1) is 0 Å². The number of aliphatic hydroxyl groups excluding tert-OH is 2. The van der Waals surface area contributed by atoms with Crippen LogP contribution < -0.4 is 10.1 Å². The van der Waals surface area contributed by atoms with Crippen LogP contribution in [0.3, 0.4) is 0 Å². The van der Waals surface area contributed by atoms with Gasteiger partial charge >= 0.3 is 11.8 Å². The number of nitrogens with one attached hydrogen (secondary N) is 1. The van der Waals surface area contributed by atoms with Gasteiger partial charge in [0, 0.05) is 80.8 Å². The molecule has 1 fully saturated rings. The van der Waals surface area contributed by atoms with Crippen molar-refractivity contribution in [1.82, 2.24) is 9.91 Å². The van der Waals surface area contributed by atoms with Gasteiger partial charge in [0.05, 0.1) is 53.0 Å². The number of ketones is 1. The van der Waals surface area contributed by atoms with E-state index in [1.807, 2.05) is 5.01 Å². The number of methoxy groups -OCH3 is 1. The number of carbonyl (C=O) groups excluding carboxylic acids is 3. The normalized spacial score (nSPS) is 28.1. The number of nitrogens with zero attached hydrogens (tertiary/aromatic N) is 3. The van der Waals surface area contributed by atoms with Crippen LogP contribution >= 0.6 is 0 Å². The highest BCUT2D eigenvalue weighted by molar-refractivity contribution is 6.23. The Balaban J connectivity index is 1.61. The fourth-order valence-electron chi connectivity index (χ4n) is 9.42. The molecule has 4 heterocycles. The fraction of sp³-hybridized carbons (Fsp3) is 0.608. The van der Waals surface area contributed by atoms with Crippen LogP contribution in [0.4, 0.5) is 5.69 Å². The Labute approximate surface area is 395 Å². The summed E-state index contributed by atoms with van der Waals surface area (Å²) in [6, 6.07) is 0. The van der Waals surface area contributed by atoms with Crippen molar-refractivity contribution in [2.24, 2.45) is 28.8 Å². The van der Waals surface area contributed by atoms with E-state index in [1.165, 1.54) is 84.6 Å². The second kappa shape index (κ2) is 23.2. The average Bonchev–Trinajstić information content (AvgIpc) is 3.40. The Morgan fingerprint density at radius 2 is 1.61 bits per heavy atom. The predicted molar refractivity (Wildman–Crippen MR) is 257 cm³/mol. The molecule has 0 aliphatic carbocycles. The smallest absolute Gasteiger partial charge is 0.312 e. The number of hydrogen-bond donors (Lipinski definition) is 6. The number of rotatable bonds is 11. The third kappa shape index (κ3) is 11.9. The van der Waals surface area contributed by atoms with Crippen LogP contribution in [0.15, 0.2) is 41.2 Å². The molecule has 16 heteroatoms. The summed E-state index contributed by atoms with van der Waals surface area (Å²) in [6.45, 7) is 18.7. The number of phenolic OH excluding ortho intramolecular Hbond substituents is 3. The summed E-state index contributed by atoms with van der Waals surface area (Å²) in [5.41, 5.74) is -0.293. The lowest BCUT2D eigenvalue weighted by Crippen LogP contribution is -2.46. The van der Waals surface area contributed by atoms with E-state index in [0.29, 0.717) is 13.1 Å². The molecule has 9 atom stereocenters. The number of phenols is 3. The third-order valence-corrected chi connectivity index (χ3v) is 13.8. The summed E-state index contributed by atoms with van der Waals surface area (Å²) in [4.78, 5) is 43.4. The molecule has 6 N–H and O–H groups in total. The first-order chi connectivity index (χ1) is 31.8. The second-order valence-electron chi connectivity index (χ2n) is 18.8. The number of aromatic hydroxyl groups is 3. The molecule has 370 valence electrons.